The van der Waals surface area contributed by atoms with E-state index in [0.29, 0.717) is 12.4 Å². The van der Waals surface area contributed by atoms with Crippen LogP contribution in [-0.4, -0.2) is 51.6 Å². The number of ether oxygens (including phenoxy) is 2. The number of carbonyl (C=O) groups excluding carboxylic acids is 1. The molecule has 0 bridgehead atoms. The highest BCUT2D eigenvalue weighted by atomic mass is 35.5. The fourth-order valence-electron chi connectivity index (χ4n) is 3.33. The molecule has 1 amide bonds. The lowest BCUT2D eigenvalue weighted by molar-refractivity contribution is 0.0218. The van der Waals surface area contributed by atoms with Crippen LogP contribution in [0.2, 0.25) is 0 Å². The number of allylic oxidation sites excluding steroid dienone is 1. The van der Waals surface area contributed by atoms with Gasteiger partial charge >= 0.3 is 6.09 Å². The zero-order valence-electron chi connectivity index (χ0n) is 16.3. The zero-order chi connectivity index (χ0) is 19.6. The zero-order valence-corrected chi connectivity index (χ0v) is 17.0. The Kier molecular flexibility index (Phi) is 5.79. The number of hydrogen-bond donors (Lipinski definition) is 1. The Bertz CT molecular complexity index is 750. The van der Waals surface area contributed by atoms with E-state index in [1.807, 2.05) is 20.8 Å². The Labute approximate surface area is 164 Å². The molecular formula is C19H27ClN4O3. The van der Waals surface area contributed by atoms with Gasteiger partial charge in [0, 0.05) is 6.54 Å². The van der Waals surface area contributed by atoms with Crippen molar-refractivity contribution in [3.63, 3.8) is 0 Å². The Hall–Kier alpha value is -2.02. The molecule has 2 atom stereocenters. The van der Waals surface area contributed by atoms with Crippen LogP contribution in [0.5, 0.6) is 0 Å². The molecule has 7 nitrogen and oxygen atoms in total. The molecule has 148 valence electrons. The van der Waals surface area contributed by atoms with Crippen LogP contribution in [-0.2, 0) is 9.47 Å². The van der Waals surface area contributed by atoms with Gasteiger partial charge in [-0.3, -0.25) is 4.90 Å². The molecule has 1 aromatic rings. The number of alkyl halides is 1. The third-order valence-corrected chi connectivity index (χ3v) is 4.83. The van der Waals surface area contributed by atoms with Crippen molar-refractivity contribution in [3.8, 4) is 0 Å². The summed E-state index contributed by atoms with van der Waals surface area (Å²) in [5.74, 6) is 1.24. The van der Waals surface area contributed by atoms with Crippen molar-refractivity contribution in [2.45, 2.75) is 63.6 Å². The smallest absolute Gasteiger partial charge is 0.410 e. The normalized spacial score (nSPS) is 23.5. The van der Waals surface area contributed by atoms with E-state index in [0.717, 1.165) is 42.8 Å². The van der Waals surface area contributed by atoms with E-state index in [9.17, 15) is 4.79 Å². The van der Waals surface area contributed by atoms with E-state index in [1.165, 1.54) is 0 Å². The van der Waals surface area contributed by atoms with Crippen LogP contribution in [0.25, 0.3) is 5.57 Å². The molecule has 3 rings (SSSR count). The first-order chi connectivity index (χ1) is 12.8. The number of hydrogen-bond acceptors (Lipinski definition) is 5. The molecule has 3 heterocycles. The van der Waals surface area contributed by atoms with Gasteiger partial charge in [0.2, 0.25) is 5.90 Å². The summed E-state index contributed by atoms with van der Waals surface area (Å²) in [6.45, 7) is 6.27. The highest BCUT2D eigenvalue weighted by molar-refractivity contribution is 6.24. The highest BCUT2D eigenvalue weighted by Crippen LogP contribution is 2.33. The van der Waals surface area contributed by atoms with Gasteiger partial charge in [0.1, 0.15) is 16.9 Å². The minimum Gasteiger partial charge on any atom is -0.481 e. The number of imidazole rings is 1. The minimum absolute atomic E-state index is 0.122. The van der Waals surface area contributed by atoms with Gasteiger partial charge in [-0.1, -0.05) is 17.7 Å². The van der Waals surface area contributed by atoms with Crippen molar-refractivity contribution in [3.05, 3.63) is 23.8 Å². The van der Waals surface area contributed by atoms with E-state index < -0.39 is 5.60 Å². The molecule has 0 radical (unpaired) electrons. The maximum absolute atomic E-state index is 12.5. The monoisotopic (exact) mass is 394 g/mol. The second kappa shape index (κ2) is 7.92. The van der Waals surface area contributed by atoms with Crippen molar-refractivity contribution in [1.82, 2.24) is 14.9 Å². The van der Waals surface area contributed by atoms with Gasteiger partial charge in [-0.2, -0.15) is 0 Å². The minimum atomic E-state index is -0.522. The Morgan fingerprint density at radius 1 is 1.37 bits per heavy atom. The van der Waals surface area contributed by atoms with E-state index >= 15 is 0 Å². The molecule has 1 saturated heterocycles. The Morgan fingerprint density at radius 2 is 2.15 bits per heavy atom. The van der Waals surface area contributed by atoms with Crippen LogP contribution in [0.4, 0.5) is 4.79 Å². The summed E-state index contributed by atoms with van der Waals surface area (Å²) in [5.41, 5.74) is 0.841. The second-order valence-corrected chi connectivity index (χ2v) is 8.29. The van der Waals surface area contributed by atoms with Gasteiger partial charge < -0.3 is 14.5 Å². The van der Waals surface area contributed by atoms with Crippen LogP contribution < -0.4 is 0 Å². The number of likely N-dealkylation sites (tertiary alicyclic amines) is 1. The van der Waals surface area contributed by atoms with E-state index in [4.69, 9.17) is 21.1 Å². The number of nitrogens with one attached hydrogen (secondary N) is 1. The largest absolute Gasteiger partial charge is 0.481 e. The Balaban J connectivity index is 1.81. The van der Waals surface area contributed by atoms with E-state index in [1.54, 1.807) is 18.2 Å². The first-order valence-electron chi connectivity index (χ1n) is 9.30. The quantitative estimate of drug-likeness (QED) is 0.600. The third-order valence-electron chi connectivity index (χ3n) is 4.52. The number of methoxy groups -OCH3 is 1. The second-order valence-electron chi connectivity index (χ2n) is 7.78. The lowest BCUT2D eigenvalue weighted by Gasteiger charge is -2.27. The molecule has 2 unspecified atom stereocenters. The molecule has 2 aliphatic heterocycles. The fourth-order valence-corrected chi connectivity index (χ4v) is 3.55. The van der Waals surface area contributed by atoms with Crippen molar-refractivity contribution in [2.24, 2.45) is 4.99 Å². The number of carbonyl (C=O) groups is 1. The van der Waals surface area contributed by atoms with Crippen LogP contribution in [0.1, 0.15) is 64.0 Å². The van der Waals surface area contributed by atoms with Crippen molar-refractivity contribution >= 4 is 29.2 Å². The third kappa shape index (κ3) is 4.64. The molecule has 2 aliphatic rings. The summed E-state index contributed by atoms with van der Waals surface area (Å²) in [6, 6.07) is -0.122. The predicted molar refractivity (Wildman–Crippen MR) is 105 cm³/mol. The fraction of sp³-hybridized carbons (Fsp3) is 0.632. The highest BCUT2D eigenvalue weighted by Gasteiger charge is 2.35. The SMILES string of the molecule is COC1=NC(Cl)CCC=C1c1cnc(C2CCCN2C(=O)OC(C)(C)C)[nH]1. The van der Waals surface area contributed by atoms with Gasteiger partial charge in [0.15, 0.2) is 0 Å². The molecule has 1 aromatic heterocycles. The van der Waals surface area contributed by atoms with Crippen LogP contribution >= 0.6 is 11.6 Å². The van der Waals surface area contributed by atoms with Crippen molar-refractivity contribution in [1.29, 1.82) is 0 Å². The average molecular weight is 395 g/mol. The molecule has 0 aliphatic carbocycles. The van der Waals surface area contributed by atoms with Gasteiger partial charge in [-0.25, -0.2) is 14.8 Å². The standard InChI is InChI=1S/C19H27ClN4O3/c1-19(2,3)27-18(25)24-10-6-8-14(24)16-21-11-13(22-16)12-7-5-9-15(20)23-17(12)26-4/h7,11,14-15H,5-6,8-10H2,1-4H3,(H,21,22). The number of aliphatic imine (C=N–C) groups is 1. The summed E-state index contributed by atoms with van der Waals surface area (Å²) in [7, 11) is 1.58. The van der Waals surface area contributed by atoms with Gasteiger partial charge in [0.05, 0.1) is 30.6 Å². The lowest BCUT2D eigenvalue weighted by Crippen LogP contribution is -2.36. The average Bonchev–Trinajstić information content (AvgIpc) is 3.20. The molecular weight excluding hydrogens is 368 g/mol. The summed E-state index contributed by atoms with van der Waals surface area (Å²) in [4.78, 5) is 26.6. The lowest BCUT2D eigenvalue weighted by atomic mass is 10.1. The number of rotatable bonds is 2. The summed E-state index contributed by atoms with van der Waals surface area (Å²) < 4.78 is 11.0. The first kappa shape index (κ1) is 19.7. The van der Waals surface area contributed by atoms with Crippen LogP contribution in [0.15, 0.2) is 17.3 Å². The number of amides is 1. The van der Waals surface area contributed by atoms with E-state index in [-0.39, 0.29) is 17.6 Å². The Morgan fingerprint density at radius 3 is 2.85 bits per heavy atom. The summed E-state index contributed by atoms with van der Waals surface area (Å²) >= 11 is 6.18. The molecule has 1 N–H and O–H groups in total. The maximum Gasteiger partial charge on any atom is 0.410 e. The molecule has 0 aromatic carbocycles. The molecule has 8 heteroatoms. The van der Waals surface area contributed by atoms with Gasteiger partial charge in [-0.15, -0.1) is 0 Å². The number of H-pyrrole nitrogens is 1. The topological polar surface area (TPSA) is 79.8 Å². The molecule has 0 spiro atoms. The van der Waals surface area contributed by atoms with Crippen LogP contribution in [0.3, 0.4) is 0 Å². The van der Waals surface area contributed by atoms with Gasteiger partial charge in [-0.05, 0) is 46.5 Å². The predicted octanol–water partition coefficient (Wildman–Crippen LogP) is 4.27. The molecule has 27 heavy (non-hydrogen) atoms. The summed E-state index contributed by atoms with van der Waals surface area (Å²) in [6.07, 6.45) is 6.84. The van der Waals surface area contributed by atoms with Gasteiger partial charge in [0.25, 0.3) is 0 Å². The number of nitrogens with zero attached hydrogens (tertiary/aromatic N) is 3. The van der Waals surface area contributed by atoms with Crippen LogP contribution in [0, 0.1) is 0 Å². The number of halogens is 1. The van der Waals surface area contributed by atoms with Crippen molar-refractivity contribution < 1.29 is 14.3 Å². The number of aromatic amines is 1. The number of aromatic nitrogens is 2. The molecule has 0 saturated carbocycles. The summed E-state index contributed by atoms with van der Waals surface area (Å²) in [5, 5.41) is 0. The first-order valence-corrected chi connectivity index (χ1v) is 9.73. The molecule has 1 fully saturated rings. The van der Waals surface area contributed by atoms with E-state index in [2.05, 4.69) is 21.0 Å². The maximum atomic E-state index is 12.5. The van der Waals surface area contributed by atoms with Crippen molar-refractivity contribution in [2.75, 3.05) is 13.7 Å².